The second-order valence-electron chi connectivity index (χ2n) is 5.87. The number of rotatable bonds is 6. The molecule has 2 rings (SSSR count). The van der Waals surface area contributed by atoms with Crippen molar-refractivity contribution in [2.45, 2.75) is 43.7 Å². The Hall–Kier alpha value is -2.00. The number of nitrogens with zero attached hydrogens (tertiary/aromatic N) is 2. The van der Waals surface area contributed by atoms with Crippen molar-refractivity contribution in [3.63, 3.8) is 0 Å². The summed E-state index contributed by atoms with van der Waals surface area (Å²) in [7, 11) is -4.07. The van der Waals surface area contributed by atoms with Crippen molar-refractivity contribution in [3.05, 3.63) is 36.0 Å². The van der Waals surface area contributed by atoms with Crippen molar-refractivity contribution in [1.29, 1.82) is 0 Å². The van der Waals surface area contributed by atoms with E-state index in [1.807, 2.05) is 6.92 Å². The lowest BCUT2D eigenvalue weighted by Crippen LogP contribution is -2.46. The van der Waals surface area contributed by atoms with E-state index in [0.717, 1.165) is 16.9 Å². The summed E-state index contributed by atoms with van der Waals surface area (Å²) in [5.74, 6) is -0.704. The van der Waals surface area contributed by atoms with Crippen LogP contribution in [0.3, 0.4) is 0 Å². The molecule has 1 aromatic heterocycles. The smallest absolute Gasteiger partial charge is 0.323 e. The Morgan fingerprint density at radius 1 is 1.48 bits per heavy atom. The Labute approximate surface area is 147 Å². The van der Waals surface area contributed by atoms with Crippen molar-refractivity contribution in [2.75, 3.05) is 13.1 Å². The summed E-state index contributed by atoms with van der Waals surface area (Å²) in [4.78, 5) is 24.2. The molecule has 0 aliphatic carbocycles. The molecule has 1 saturated heterocycles. The number of sulfonamides is 1. The first-order valence-corrected chi connectivity index (χ1v) is 9.65. The third-order valence-electron chi connectivity index (χ3n) is 3.95. The molecular formula is C16H22N3O5S. The summed E-state index contributed by atoms with van der Waals surface area (Å²) in [5.41, 5.74) is 0. The van der Waals surface area contributed by atoms with Crippen LogP contribution < -0.4 is 10.0 Å². The summed E-state index contributed by atoms with van der Waals surface area (Å²) in [5, 5.41) is 14.0. The van der Waals surface area contributed by atoms with Crippen LogP contribution in [0.15, 0.2) is 29.4 Å². The van der Waals surface area contributed by atoms with Crippen molar-refractivity contribution in [1.82, 2.24) is 9.62 Å². The summed E-state index contributed by atoms with van der Waals surface area (Å²) in [6, 6.07) is 3.37. The normalized spacial score (nSPS) is 19.4. The number of hydrogen-bond acceptors (Lipinski definition) is 5. The van der Waals surface area contributed by atoms with Crippen LogP contribution in [0.25, 0.3) is 0 Å². The van der Waals surface area contributed by atoms with Crippen LogP contribution in [0.5, 0.6) is 0 Å². The Morgan fingerprint density at radius 2 is 2.24 bits per heavy atom. The maximum absolute atomic E-state index is 12.6. The van der Waals surface area contributed by atoms with Gasteiger partial charge >= 0.3 is 15.0 Å². The zero-order chi connectivity index (χ0) is 18.4. The van der Waals surface area contributed by atoms with E-state index in [1.165, 1.54) is 24.6 Å². The zero-order valence-electron chi connectivity index (χ0n) is 14.1. The average molecular weight is 368 g/mol. The van der Waals surface area contributed by atoms with Crippen LogP contribution in [0.4, 0.5) is 0 Å². The van der Waals surface area contributed by atoms with Crippen LogP contribution in [-0.2, 0) is 19.6 Å². The third-order valence-corrected chi connectivity index (χ3v) is 5.78. The minimum atomic E-state index is -4.07. The van der Waals surface area contributed by atoms with E-state index < -0.39 is 21.1 Å². The molecule has 2 heterocycles. The molecule has 1 aliphatic rings. The van der Waals surface area contributed by atoms with Gasteiger partial charge in [-0.3, -0.25) is 9.59 Å². The average Bonchev–Trinajstić information content (AvgIpc) is 2.75. The predicted octanol–water partition coefficient (Wildman–Crippen LogP) is 0.163. The fourth-order valence-electron chi connectivity index (χ4n) is 2.60. The summed E-state index contributed by atoms with van der Waals surface area (Å²) in [6.45, 7) is 1.69. The topological polar surface area (TPSA) is 110 Å². The monoisotopic (exact) mass is 368 g/mol. The molecule has 1 atom stereocenters. The lowest BCUT2D eigenvalue weighted by Gasteiger charge is -2.18. The van der Waals surface area contributed by atoms with Crippen LogP contribution >= 0.6 is 0 Å². The molecule has 1 amide bonds. The highest BCUT2D eigenvalue weighted by Crippen LogP contribution is 2.17. The lowest BCUT2D eigenvalue weighted by atomic mass is 10.1. The van der Waals surface area contributed by atoms with Gasteiger partial charge in [0.2, 0.25) is 5.91 Å². The van der Waals surface area contributed by atoms with Crippen LogP contribution in [0.1, 0.15) is 32.6 Å². The molecule has 1 aliphatic heterocycles. The molecule has 1 N–H and O–H groups in total. The molecule has 8 nitrogen and oxygen atoms in total. The minimum Gasteiger partial charge on any atom is -0.618 e. The number of pyridine rings is 1. The largest absolute Gasteiger partial charge is 0.618 e. The first-order valence-electron chi connectivity index (χ1n) is 8.21. The molecule has 0 aromatic carbocycles. The van der Waals surface area contributed by atoms with E-state index in [-0.39, 0.29) is 29.5 Å². The Bertz CT molecular complexity index is 735. The molecule has 137 valence electrons. The second kappa shape index (κ2) is 8.39. The van der Waals surface area contributed by atoms with Gasteiger partial charge in [-0.1, -0.05) is 13.3 Å². The summed E-state index contributed by atoms with van der Waals surface area (Å²) in [6.07, 6.45) is 4.79. The van der Waals surface area contributed by atoms with E-state index in [1.54, 1.807) is 0 Å². The van der Waals surface area contributed by atoms with E-state index in [4.69, 9.17) is 0 Å². The van der Waals surface area contributed by atoms with Crippen molar-refractivity contribution in [2.24, 2.45) is 0 Å². The number of hydrogen-bond donors (Lipinski definition) is 1. The van der Waals surface area contributed by atoms with Gasteiger partial charge in [0.05, 0.1) is 12.6 Å². The summed E-state index contributed by atoms with van der Waals surface area (Å²) < 4.78 is 26.5. The highest BCUT2D eigenvalue weighted by molar-refractivity contribution is 7.89. The van der Waals surface area contributed by atoms with Gasteiger partial charge in [0.1, 0.15) is 0 Å². The molecule has 9 heteroatoms. The van der Waals surface area contributed by atoms with E-state index in [2.05, 4.69) is 5.32 Å². The van der Waals surface area contributed by atoms with Gasteiger partial charge in [0.15, 0.2) is 12.0 Å². The first kappa shape index (κ1) is 19.3. The van der Waals surface area contributed by atoms with Gasteiger partial charge in [-0.2, -0.15) is 9.04 Å². The maximum atomic E-state index is 12.6. The molecule has 1 fully saturated rings. The fraction of sp³-hybridized carbons (Fsp3) is 0.500. The number of aromatic nitrogens is 1. The standard InChI is InChI=1S/C16H22N3O5S/c1-2-3-8-15(21)17-13-7-6-10-18(12-14(13)20)25(23,24)16-9-4-5-11-19(16)22/h4-5,8-9,11,13H,2-3,6-7,10,12H2,1H3,(H,17,21). The molecule has 0 bridgehead atoms. The Kier molecular flexibility index (Phi) is 6.49. The van der Waals surface area contributed by atoms with Crippen LogP contribution in [-0.4, -0.2) is 43.5 Å². The van der Waals surface area contributed by atoms with Gasteiger partial charge in [0, 0.05) is 25.1 Å². The number of ketones is 1. The summed E-state index contributed by atoms with van der Waals surface area (Å²) >= 11 is 0. The number of Topliss-reactive ketones (excluding diaryl/α,β-unsaturated/α-hetero) is 1. The number of carbonyl (C=O) groups excluding carboxylic acids is 2. The van der Waals surface area contributed by atoms with E-state index in [9.17, 15) is 23.2 Å². The minimum absolute atomic E-state index is 0.119. The molecule has 25 heavy (non-hydrogen) atoms. The SMILES string of the molecule is CCC[CH]C(=O)NC1CCCN(S(=O)(=O)c2cccc[n+]2[O-])CC1=O. The van der Waals surface area contributed by atoms with Crippen molar-refractivity contribution >= 4 is 21.7 Å². The van der Waals surface area contributed by atoms with E-state index >= 15 is 0 Å². The van der Waals surface area contributed by atoms with E-state index in [0.29, 0.717) is 19.3 Å². The quantitative estimate of drug-likeness (QED) is 0.568. The number of amides is 1. The second-order valence-corrected chi connectivity index (χ2v) is 7.75. The molecule has 0 saturated carbocycles. The van der Waals surface area contributed by atoms with Gasteiger partial charge in [-0.25, -0.2) is 8.42 Å². The maximum Gasteiger partial charge on any atom is 0.323 e. The highest BCUT2D eigenvalue weighted by atomic mass is 32.2. The highest BCUT2D eigenvalue weighted by Gasteiger charge is 2.36. The molecule has 1 aromatic rings. The Morgan fingerprint density at radius 3 is 2.92 bits per heavy atom. The fourth-order valence-corrected chi connectivity index (χ4v) is 4.07. The van der Waals surface area contributed by atoms with Gasteiger partial charge in [-0.15, -0.1) is 0 Å². The van der Waals surface area contributed by atoms with Crippen molar-refractivity contribution < 1.29 is 22.7 Å². The first-order chi connectivity index (χ1) is 11.9. The molecule has 1 radical (unpaired) electrons. The van der Waals surface area contributed by atoms with Crippen LogP contribution in [0.2, 0.25) is 0 Å². The van der Waals surface area contributed by atoms with Gasteiger partial charge in [-0.05, 0) is 25.3 Å². The molecular weight excluding hydrogens is 346 g/mol. The lowest BCUT2D eigenvalue weighted by molar-refractivity contribution is -0.646. The molecule has 1 unspecified atom stereocenters. The Balaban J connectivity index is 2.10. The predicted molar refractivity (Wildman–Crippen MR) is 89.5 cm³/mol. The molecule has 0 spiro atoms. The number of nitrogens with one attached hydrogen (secondary N) is 1. The third kappa shape index (κ3) is 4.76. The van der Waals surface area contributed by atoms with Crippen LogP contribution in [0, 0.1) is 11.6 Å². The van der Waals surface area contributed by atoms with Crippen molar-refractivity contribution in [3.8, 4) is 0 Å². The zero-order valence-corrected chi connectivity index (χ0v) is 14.9. The number of unbranched alkanes of at least 4 members (excludes halogenated alkanes) is 1. The number of carbonyl (C=O) groups is 2. The van der Waals surface area contributed by atoms with Gasteiger partial charge < -0.3 is 10.5 Å². The van der Waals surface area contributed by atoms with Gasteiger partial charge in [0.25, 0.3) is 0 Å².